The number of fused-ring (bicyclic) bond motifs is 1. The van der Waals surface area contributed by atoms with Crippen molar-refractivity contribution in [1.82, 2.24) is 5.32 Å². The summed E-state index contributed by atoms with van der Waals surface area (Å²) in [6.07, 6.45) is 2.49. The molecule has 0 saturated heterocycles. The average Bonchev–Trinajstić information content (AvgIpc) is 2.31. The molecule has 0 fully saturated rings. The van der Waals surface area contributed by atoms with E-state index in [1.165, 1.54) is 24.1 Å². The maximum Gasteiger partial charge on any atom is 0.0401 e. The zero-order chi connectivity index (χ0) is 13.2. The quantitative estimate of drug-likeness (QED) is 0.881. The summed E-state index contributed by atoms with van der Waals surface area (Å²) in [5.41, 5.74) is 3.15. The number of nitrogens with one attached hydrogen (secondary N) is 1. The largest absolute Gasteiger partial charge is 0.367 e. The molecule has 100 valence electrons. The van der Waals surface area contributed by atoms with E-state index in [2.05, 4.69) is 62.2 Å². The topological polar surface area (TPSA) is 15.3 Å². The van der Waals surface area contributed by atoms with Gasteiger partial charge in [-0.25, -0.2) is 0 Å². The molecular formula is C16H26N2. The van der Waals surface area contributed by atoms with Gasteiger partial charge in [0.2, 0.25) is 0 Å². The van der Waals surface area contributed by atoms with E-state index >= 15 is 0 Å². The molecule has 0 aliphatic carbocycles. The predicted octanol–water partition coefficient (Wildman–Crippen LogP) is 3.22. The summed E-state index contributed by atoms with van der Waals surface area (Å²) in [4.78, 5) is 2.55. The minimum atomic E-state index is 0.207. The molecule has 1 unspecified atom stereocenters. The van der Waals surface area contributed by atoms with Crippen molar-refractivity contribution >= 4 is 5.69 Å². The van der Waals surface area contributed by atoms with Crippen molar-refractivity contribution < 1.29 is 0 Å². The lowest BCUT2D eigenvalue weighted by Crippen LogP contribution is -2.45. The van der Waals surface area contributed by atoms with Crippen molar-refractivity contribution in [2.45, 2.75) is 52.1 Å². The predicted molar refractivity (Wildman–Crippen MR) is 79.3 cm³/mol. The fraction of sp³-hybridized carbons (Fsp3) is 0.625. The van der Waals surface area contributed by atoms with Crippen LogP contribution >= 0.6 is 0 Å². The van der Waals surface area contributed by atoms with Crippen LogP contribution in [-0.4, -0.2) is 24.7 Å². The molecule has 0 bridgehead atoms. The molecule has 0 radical (unpaired) electrons. The molecule has 0 aromatic heterocycles. The third-order valence-corrected chi connectivity index (χ3v) is 3.67. The molecule has 0 saturated carbocycles. The highest BCUT2D eigenvalue weighted by molar-refractivity contribution is 5.56. The van der Waals surface area contributed by atoms with Gasteiger partial charge in [0.05, 0.1) is 0 Å². The Labute approximate surface area is 111 Å². The van der Waals surface area contributed by atoms with Crippen LogP contribution in [0, 0.1) is 0 Å². The van der Waals surface area contributed by atoms with E-state index in [9.17, 15) is 0 Å². The molecule has 1 heterocycles. The van der Waals surface area contributed by atoms with Gasteiger partial charge in [-0.15, -0.1) is 0 Å². The highest BCUT2D eigenvalue weighted by atomic mass is 15.2. The van der Waals surface area contributed by atoms with Gasteiger partial charge in [-0.3, -0.25) is 0 Å². The number of anilines is 1. The Bertz CT molecular complexity index is 392. The molecular weight excluding hydrogens is 220 g/mol. The summed E-state index contributed by atoms with van der Waals surface area (Å²) < 4.78 is 0. The third kappa shape index (κ3) is 3.26. The lowest BCUT2D eigenvalue weighted by molar-refractivity contribution is 0.421. The molecule has 1 aromatic carbocycles. The van der Waals surface area contributed by atoms with Gasteiger partial charge in [0.25, 0.3) is 0 Å². The minimum absolute atomic E-state index is 0.207. The number of hydrogen-bond acceptors (Lipinski definition) is 2. The van der Waals surface area contributed by atoms with E-state index in [-0.39, 0.29) is 5.54 Å². The van der Waals surface area contributed by atoms with E-state index in [1.807, 2.05) is 0 Å². The van der Waals surface area contributed by atoms with Crippen LogP contribution in [0.1, 0.15) is 39.7 Å². The molecule has 18 heavy (non-hydrogen) atoms. The van der Waals surface area contributed by atoms with Crippen LogP contribution in [0.15, 0.2) is 24.3 Å². The number of nitrogens with zero attached hydrogens (tertiary/aromatic N) is 1. The second-order valence-corrected chi connectivity index (χ2v) is 6.39. The van der Waals surface area contributed by atoms with Gasteiger partial charge in [-0.1, -0.05) is 18.2 Å². The van der Waals surface area contributed by atoms with Crippen LogP contribution in [-0.2, 0) is 6.42 Å². The molecule has 0 spiro atoms. The Balaban J connectivity index is 2.03. The van der Waals surface area contributed by atoms with Crippen molar-refractivity contribution in [3.8, 4) is 0 Å². The number of rotatable bonds is 3. The summed E-state index contributed by atoms with van der Waals surface area (Å²) in [5.74, 6) is 0. The molecule has 1 aromatic rings. The molecule has 0 amide bonds. The zero-order valence-electron chi connectivity index (χ0n) is 12.2. The molecule has 2 rings (SSSR count). The Morgan fingerprint density at radius 2 is 2.00 bits per heavy atom. The molecule has 1 N–H and O–H groups in total. The van der Waals surface area contributed by atoms with E-state index < -0.39 is 0 Å². The van der Waals surface area contributed by atoms with Gasteiger partial charge in [-0.05, 0) is 52.2 Å². The van der Waals surface area contributed by atoms with E-state index in [4.69, 9.17) is 0 Å². The minimum Gasteiger partial charge on any atom is -0.367 e. The van der Waals surface area contributed by atoms with Crippen molar-refractivity contribution in [3.63, 3.8) is 0 Å². The maximum absolute atomic E-state index is 3.58. The SMILES string of the molecule is CC1CCc2ccccc2N1CCNC(C)(C)C. The Hall–Kier alpha value is -1.02. The first-order valence-electron chi connectivity index (χ1n) is 7.07. The van der Waals surface area contributed by atoms with Crippen LogP contribution in [0.3, 0.4) is 0 Å². The van der Waals surface area contributed by atoms with Crippen molar-refractivity contribution in [2.24, 2.45) is 0 Å². The Morgan fingerprint density at radius 3 is 2.72 bits per heavy atom. The normalized spacial score (nSPS) is 19.8. The number of para-hydroxylation sites is 1. The Kier molecular flexibility index (Phi) is 3.96. The molecule has 2 nitrogen and oxygen atoms in total. The van der Waals surface area contributed by atoms with Crippen LogP contribution < -0.4 is 10.2 Å². The standard InChI is InChI=1S/C16H26N2/c1-13-9-10-14-7-5-6-8-15(14)18(13)12-11-17-16(2,3)4/h5-8,13,17H,9-12H2,1-4H3. The highest BCUT2D eigenvalue weighted by Gasteiger charge is 2.22. The first-order chi connectivity index (χ1) is 8.47. The number of hydrogen-bond donors (Lipinski definition) is 1. The maximum atomic E-state index is 3.58. The first-order valence-corrected chi connectivity index (χ1v) is 7.07. The van der Waals surface area contributed by atoms with Gasteiger partial charge in [-0.2, -0.15) is 0 Å². The van der Waals surface area contributed by atoms with Gasteiger partial charge < -0.3 is 10.2 Å². The van der Waals surface area contributed by atoms with Gasteiger partial charge in [0.1, 0.15) is 0 Å². The van der Waals surface area contributed by atoms with E-state index in [0.717, 1.165) is 13.1 Å². The van der Waals surface area contributed by atoms with E-state index in [1.54, 1.807) is 0 Å². The van der Waals surface area contributed by atoms with Crippen LogP contribution in [0.4, 0.5) is 5.69 Å². The number of benzene rings is 1. The van der Waals surface area contributed by atoms with Crippen molar-refractivity contribution in [2.75, 3.05) is 18.0 Å². The fourth-order valence-corrected chi connectivity index (χ4v) is 2.65. The van der Waals surface area contributed by atoms with Gasteiger partial charge in [0, 0.05) is 30.4 Å². The lowest BCUT2D eigenvalue weighted by Gasteiger charge is -2.38. The fourth-order valence-electron chi connectivity index (χ4n) is 2.65. The molecule has 1 atom stereocenters. The highest BCUT2D eigenvalue weighted by Crippen LogP contribution is 2.29. The second kappa shape index (κ2) is 5.31. The van der Waals surface area contributed by atoms with Crippen molar-refractivity contribution in [1.29, 1.82) is 0 Å². The zero-order valence-corrected chi connectivity index (χ0v) is 12.2. The molecule has 1 aliphatic heterocycles. The van der Waals surface area contributed by atoms with Crippen LogP contribution in [0.25, 0.3) is 0 Å². The average molecular weight is 246 g/mol. The summed E-state index contributed by atoms with van der Waals surface area (Å²) in [7, 11) is 0. The summed E-state index contributed by atoms with van der Waals surface area (Å²) in [5, 5.41) is 3.58. The van der Waals surface area contributed by atoms with E-state index in [0.29, 0.717) is 6.04 Å². The van der Waals surface area contributed by atoms with Crippen LogP contribution in [0.2, 0.25) is 0 Å². The molecule has 2 heteroatoms. The monoisotopic (exact) mass is 246 g/mol. The summed E-state index contributed by atoms with van der Waals surface area (Å²) in [6, 6.07) is 9.50. The van der Waals surface area contributed by atoms with Crippen LogP contribution in [0.5, 0.6) is 0 Å². The summed E-state index contributed by atoms with van der Waals surface area (Å²) in [6.45, 7) is 11.1. The first kappa shape index (κ1) is 13.4. The third-order valence-electron chi connectivity index (χ3n) is 3.67. The number of aryl methyl sites for hydroxylation is 1. The second-order valence-electron chi connectivity index (χ2n) is 6.39. The molecule has 1 aliphatic rings. The van der Waals surface area contributed by atoms with Gasteiger partial charge >= 0.3 is 0 Å². The van der Waals surface area contributed by atoms with Crippen molar-refractivity contribution in [3.05, 3.63) is 29.8 Å². The van der Waals surface area contributed by atoms with Gasteiger partial charge in [0.15, 0.2) is 0 Å². The lowest BCUT2D eigenvalue weighted by atomic mass is 9.96. The smallest absolute Gasteiger partial charge is 0.0401 e. The Morgan fingerprint density at radius 1 is 1.28 bits per heavy atom. The summed E-state index contributed by atoms with van der Waals surface area (Å²) >= 11 is 0.